The van der Waals surface area contributed by atoms with Crippen LogP contribution in [0.2, 0.25) is 0 Å². The number of amides is 1. The van der Waals surface area contributed by atoms with E-state index in [2.05, 4.69) is 15.5 Å². The van der Waals surface area contributed by atoms with Crippen LogP contribution in [0.1, 0.15) is 45.4 Å². The monoisotopic (exact) mass is 330 g/mol. The minimum absolute atomic E-state index is 0.0601. The highest BCUT2D eigenvalue weighted by Crippen LogP contribution is 2.27. The first-order valence-electron chi connectivity index (χ1n) is 8.63. The van der Waals surface area contributed by atoms with E-state index in [1.807, 2.05) is 18.4 Å². The molecule has 0 radical (unpaired) electrons. The lowest BCUT2D eigenvalue weighted by Crippen LogP contribution is -2.19. The molecule has 1 amide bonds. The smallest absolute Gasteiger partial charge is 0.227 e. The summed E-state index contributed by atoms with van der Waals surface area (Å²) in [5.74, 6) is 0.967. The Bertz CT molecular complexity index is 741. The minimum atomic E-state index is -0.351. The predicted molar refractivity (Wildman–Crippen MR) is 91.1 cm³/mol. The van der Waals surface area contributed by atoms with Crippen LogP contribution >= 0.6 is 0 Å². The summed E-state index contributed by atoms with van der Waals surface area (Å²) < 4.78 is 16.4. The Hall–Kier alpha value is -2.24. The molecule has 5 nitrogen and oxygen atoms in total. The maximum atomic E-state index is 14.4. The minimum Gasteiger partial charge on any atom is -0.326 e. The topological polar surface area (TPSA) is 59.8 Å². The first-order valence-corrected chi connectivity index (χ1v) is 8.63. The molecule has 1 aliphatic rings. The van der Waals surface area contributed by atoms with E-state index < -0.39 is 0 Å². The second-order valence-corrected chi connectivity index (χ2v) is 6.40. The van der Waals surface area contributed by atoms with E-state index in [0.717, 1.165) is 44.5 Å². The molecule has 1 unspecified atom stereocenters. The Balaban J connectivity index is 1.93. The Kier molecular flexibility index (Phi) is 4.92. The fourth-order valence-electron chi connectivity index (χ4n) is 2.91. The Labute approximate surface area is 141 Å². The highest BCUT2D eigenvalue weighted by Gasteiger charge is 2.19. The summed E-state index contributed by atoms with van der Waals surface area (Å²) in [4.78, 5) is 12.1. The number of halogens is 1. The fourth-order valence-corrected chi connectivity index (χ4v) is 2.91. The number of hydrogen-bond acceptors (Lipinski definition) is 3. The molecule has 0 fully saturated rings. The highest BCUT2D eigenvalue weighted by molar-refractivity contribution is 5.92. The van der Waals surface area contributed by atoms with Crippen LogP contribution < -0.4 is 5.32 Å². The first kappa shape index (κ1) is 16.6. The SMILES string of the molecule is CCC(C)C(=O)Nc1ccc(F)c(-c2nnc3n2CCCCC3)c1. The van der Waals surface area contributed by atoms with E-state index >= 15 is 0 Å². The second kappa shape index (κ2) is 7.11. The lowest BCUT2D eigenvalue weighted by atomic mass is 10.1. The molecule has 1 aromatic heterocycles. The molecule has 1 atom stereocenters. The number of nitrogens with one attached hydrogen (secondary N) is 1. The quantitative estimate of drug-likeness (QED) is 0.927. The molecule has 24 heavy (non-hydrogen) atoms. The van der Waals surface area contributed by atoms with Crippen molar-refractivity contribution in [3.05, 3.63) is 29.8 Å². The lowest BCUT2D eigenvalue weighted by molar-refractivity contribution is -0.119. The van der Waals surface area contributed by atoms with Gasteiger partial charge in [-0.25, -0.2) is 4.39 Å². The number of fused-ring (bicyclic) bond motifs is 1. The van der Waals surface area contributed by atoms with Gasteiger partial charge in [-0.3, -0.25) is 4.79 Å². The zero-order valence-electron chi connectivity index (χ0n) is 14.2. The van der Waals surface area contributed by atoms with E-state index in [0.29, 0.717) is 17.1 Å². The van der Waals surface area contributed by atoms with Gasteiger partial charge in [-0.15, -0.1) is 10.2 Å². The predicted octanol–water partition coefficient (Wildman–Crippen LogP) is 3.80. The van der Waals surface area contributed by atoms with Crippen LogP contribution in [0.15, 0.2) is 18.2 Å². The van der Waals surface area contributed by atoms with Gasteiger partial charge in [0, 0.05) is 24.6 Å². The van der Waals surface area contributed by atoms with E-state index in [1.165, 1.54) is 6.07 Å². The zero-order chi connectivity index (χ0) is 17.1. The number of nitrogens with zero attached hydrogens (tertiary/aromatic N) is 3. The molecule has 0 aliphatic carbocycles. The second-order valence-electron chi connectivity index (χ2n) is 6.40. The third kappa shape index (κ3) is 3.32. The molecule has 0 saturated heterocycles. The number of aromatic nitrogens is 3. The number of rotatable bonds is 4. The molecule has 2 aromatic rings. The Morgan fingerprint density at radius 2 is 2.17 bits per heavy atom. The van der Waals surface area contributed by atoms with Crippen molar-refractivity contribution in [2.24, 2.45) is 5.92 Å². The Morgan fingerprint density at radius 3 is 2.96 bits per heavy atom. The average molecular weight is 330 g/mol. The highest BCUT2D eigenvalue weighted by atomic mass is 19.1. The molecule has 3 rings (SSSR count). The van der Waals surface area contributed by atoms with E-state index in [4.69, 9.17) is 0 Å². The van der Waals surface area contributed by atoms with Crippen molar-refractivity contribution in [3.8, 4) is 11.4 Å². The van der Waals surface area contributed by atoms with Crippen molar-refractivity contribution in [1.29, 1.82) is 0 Å². The molecule has 0 saturated carbocycles. The van der Waals surface area contributed by atoms with Gasteiger partial charge in [0.15, 0.2) is 5.82 Å². The van der Waals surface area contributed by atoms with Gasteiger partial charge in [0.1, 0.15) is 11.6 Å². The van der Waals surface area contributed by atoms with Crippen LogP contribution in [0.25, 0.3) is 11.4 Å². The molecule has 6 heteroatoms. The molecule has 1 aliphatic heterocycles. The lowest BCUT2D eigenvalue weighted by Gasteiger charge is -2.12. The summed E-state index contributed by atoms with van der Waals surface area (Å²) >= 11 is 0. The number of benzene rings is 1. The van der Waals surface area contributed by atoms with Crippen LogP contribution in [0.5, 0.6) is 0 Å². The van der Waals surface area contributed by atoms with Crippen LogP contribution in [0.3, 0.4) is 0 Å². The van der Waals surface area contributed by atoms with Crippen LogP contribution in [0, 0.1) is 11.7 Å². The van der Waals surface area contributed by atoms with Crippen LogP contribution in [0.4, 0.5) is 10.1 Å². The van der Waals surface area contributed by atoms with E-state index in [1.54, 1.807) is 12.1 Å². The van der Waals surface area contributed by atoms with Gasteiger partial charge in [-0.2, -0.15) is 0 Å². The van der Waals surface area contributed by atoms with Crippen molar-refractivity contribution in [2.45, 2.75) is 52.5 Å². The summed E-state index contributed by atoms with van der Waals surface area (Å²) in [6, 6.07) is 4.61. The largest absolute Gasteiger partial charge is 0.326 e. The van der Waals surface area contributed by atoms with E-state index in [-0.39, 0.29) is 17.6 Å². The molecular formula is C18H23FN4O. The number of carbonyl (C=O) groups excluding carboxylic acids is 1. The van der Waals surface area contributed by atoms with Gasteiger partial charge in [0.25, 0.3) is 0 Å². The number of aryl methyl sites for hydroxylation is 1. The first-order chi connectivity index (χ1) is 11.6. The summed E-state index contributed by atoms with van der Waals surface area (Å²) in [5.41, 5.74) is 0.972. The zero-order valence-corrected chi connectivity index (χ0v) is 14.2. The Morgan fingerprint density at radius 1 is 1.33 bits per heavy atom. The normalized spacial score (nSPS) is 15.5. The maximum absolute atomic E-state index is 14.4. The third-order valence-corrected chi connectivity index (χ3v) is 4.64. The van der Waals surface area contributed by atoms with Crippen molar-refractivity contribution in [3.63, 3.8) is 0 Å². The van der Waals surface area contributed by atoms with Gasteiger partial charge in [0.2, 0.25) is 5.91 Å². The standard InChI is InChI=1S/C18H23FN4O/c1-3-12(2)18(24)20-13-8-9-15(19)14(11-13)17-22-21-16-7-5-4-6-10-23(16)17/h8-9,11-12H,3-7,10H2,1-2H3,(H,20,24). The molecule has 0 spiro atoms. The molecular weight excluding hydrogens is 307 g/mol. The maximum Gasteiger partial charge on any atom is 0.227 e. The molecule has 1 aromatic carbocycles. The van der Waals surface area contributed by atoms with Gasteiger partial charge >= 0.3 is 0 Å². The van der Waals surface area contributed by atoms with Gasteiger partial charge in [-0.1, -0.05) is 20.3 Å². The summed E-state index contributed by atoms with van der Waals surface area (Å²) in [5, 5.41) is 11.3. The number of carbonyl (C=O) groups is 1. The van der Waals surface area contributed by atoms with Crippen molar-refractivity contribution >= 4 is 11.6 Å². The number of anilines is 1. The molecule has 2 heterocycles. The summed E-state index contributed by atoms with van der Waals surface area (Å²) in [6.07, 6.45) is 4.92. The van der Waals surface area contributed by atoms with Gasteiger partial charge in [0.05, 0.1) is 5.56 Å². The van der Waals surface area contributed by atoms with Crippen molar-refractivity contribution in [2.75, 3.05) is 5.32 Å². The summed E-state index contributed by atoms with van der Waals surface area (Å²) in [7, 11) is 0. The average Bonchev–Trinajstić information content (AvgIpc) is 2.83. The van der Waals surface area contributed by atoms with E-state index in [9.17, 15) is 9.18 Å². The molecule has 1 N–H and O–H groups in total. The third-order valence-electron chi connectivity index (χ3n) is 4.64. The molecule has 128 valence electrons. The van der Waals surface area contributed by atoms with Crippen LogP contribution in [-0.2, 0) is 17.8 Å². The summed E-state index contributed by atoms with van der Waals surface area (Å²) in [6.45, 7) is 4.64. The fraction of sp³-hybridized carbons (Fsp3) is 0.500. The van der Waals surface area contributed by atoms with Crippen molar-refractivity contribution in [1.82, 2.24) is 14.8 Å². The van der Waals surface area contributed by atoms with Crippen molar-refractivity contribution < 1.29 is 9.18 Å². The van der Waals surface area contributed by atoms with Crippen LogP contribution in [-0.4, -0.2) is 20.7 Å². The van der Waals surface area contributed by atoms with Gasteiger partial charge in [-0.05, 0) is 37.5 Å². The number of hydrogen-bond donors (Lipinski definition) is 1. The van der Waals surface area contributed by atoms with Gasteiger partial charge < -0.3 is 9.88 Å². The molecule has 0 bridgehead atoms.